The molecule has 0 radical (unpaired) electrons. The van der Waals surface area contributed by atoms with Crippen LogP contribution in [0.4, 0.5) is 0 Å². The van der Waals surface area contributed by atoms with Gasteiger partial charge >= 0.3 is 25.8 Å². The van der Waals surface area contributed by atoms with Crippen molar-refractivity contribution in [2.45, 2.75) is 82.1 Å². The third-order valence-electron chi connectivity index (χ3n) is 5.89. The smallest absolute Gasteiger partial charge is 1.00 e. The summed E-state index contributed by atoms with van der Waals surface area (Å²) in [4.78, 5) is 0. The van der Waals surface area contributed by atoms with Crippen molar-refractivity contribution in [3.63, 3.8) is 0 Å². The molecule has 0 heterocycles. The Morgan fingerprint density at radius 3 is 0.720 bits per heavy atom. The van der Waals surface area contributed by atoms with E-state index >= 15 is 0 Å². The average Bonchev–Trinajstić information content (AvgIpc) is 2.81. The molecule has 0 aliphatic heterocycles. The maximum Gasteiger partial charge on any atom is 4.00 e. The molecule has 0 spiro atoms. The average molecular weight is 548 g/mol. The van der Waals surface area contributed by atoms with Gasteiger partial charge in [-0.1, -0.05) is 82.1 Å². The molecule has 0 saturated heterocycles. The first kappa shape index (κ1) is 29.9. The zero-order chi connectivity index (χ0) is 17.2. The summed E-state index contributed by atoms with van der Waals surface area (Å²) in [6, 6.07) is 0. The molecule has 0 N–H and O–H groups in total. The second-order valence-corrected chi connectivity index (χ2v) is 6.66. The quantitative estimate of drug-likeness (QED) is 0.378. The van der Waals surface area contributed by atoms with Gasteiger partial charge < -0.3 is 24.8 Å². The molecule has 0 aliphatic carbocycles. The first-order chi connectivity index (χ1) is 10.2. The molecule has 0 saturated carbocycles. The molecule has 0 atom stereocenters. The van der Waals surface area contributed by atoms with Crippen molar-refractivity contribution in [1.82, 2.24) is 0 Å². The normalized spacial score (nSPS) is 9.36. The van der Waals surface area contributed by atoms with E-state index < -0.39 is 0 Å². The number of halogens is 2. The SMILES string of the molecule is CC[c-]1c(C)c(C)c(C)c1C.CC[c-]1c(C)c(C)c(C)c1C.[Cl-].[Cl-].[Hf+4]. The first-order valence-electron chi connectivity index (χ1n) is 8.62. The second-order valence-electron chi connectivity index (χ2n) is 6.66. The van der Waals surface area contributed by atoms with Crippen LogP contribution in [0, 0.1) is 55.4 Å². The fraction of sp³-hybridized carbons (Fsp3) is 0.545. The topological polar surface area (TPSA) is 0 Å². The van der Waals surface area contributed by atoms with E-state index in [-0.39, 0.29) is 50.7 Å². The Balaban J connectivity index is -0.000000346. The Bertz CT molecular complexity index is 551. The van der Waals surface area contributed by atoms with E-state index in [4.69, 9.17) is 0 Å². The predicted octanol–water partition coefficient (Wildman–Crippen LogP) is 0.409. The molecule has 0 aliphatic rings. The molecule has 140 valence electrons. The van der Waals surface area contributed by atoms with Crippen LogP contribution in [0.3, 0.4) is 0 Å². The van der Waals surface area contributed by atoms with Gasteiger partial charge in [-0.3, -0.25) is 0 Å². The molecule has 0 bridgehead atoms. The zero-order valence-electron chi connectivity index (χ0n) is 17.7. The summed E-state index contributed by atoms with van der Waals surface area (Å²) in [5.74, 6) is 0. The zero-order valence-corrected chi connectivity index (χ0v) is 22.8. The van der Waals surface area contributed by atoms with Crippen LogP contribution in [0.15, 0.2) is 0 Å². The summed E-state index contributed by atoms with van der Waals surface area (Å²) < 4.78 is 0. The van der Waals surface area contributed by atoms with Crippen LogP contribution < -0.4 is 24.8 Å². The molecular weight excluding hydrogens is 514 g/mol. The van der Waals surface area contributed by atoms with Crippen molar-refractivity contribution in [2.24, 2.45) is 0 Å². The van der Waals surface area contributed by atoms with Crippen LogP contribution in [0.1, 0.15) is 69.5 Å². The van der Waals surface area contributed by atoms with Gasteiger partial charge in [0, 0.05) is 0 Å². The third-order valence-corrected chi connectivity index (χ3v) is 5.89. The van der Waals surface area contributed by atoms with Gasteiger partial charge in [0.05, 0.1) is 0 Å². The molecule has 0 fully saturated rings. The van der Waals surface area contributed by atoms with Gasteiger partial charge in [-0.05, 0) is 0 Å². The monoisotopic (exact) mass is 548 g/mol. The van der Waals surface area contributed by atoms with Gasteiger partial charge in [-0.15, -0.1) is 0 Å². The molecule has 2 aromatic rings. The predicted molar refractivity (Wildman–Crippen MR) is 101 cm³/mol. The van der Waals surface area contributed by atoms with Crippen molar-refractivity contribution >= 4 is 0 Å². The van der Waals surface area contributed by atoms with Gasteiger partial charge in [-0.2, -0.15) is 55.6 Å². The maximum absolute atomic E-state index is 2.23. The summed E-state index contributed by atoms with van der Waals surface area (Å²) in [7, 11) is 0. The Hall–Kier alpha value is 0.150. The molecule has 0 amide bonds. The second kappa shape index (κ2) is 12.5. The van der Waals surface area contributed by atoms with Crippen molar-refractivity contribution in [2.75, 3.05) is 0 Å². The van der Waals surface area contributed by atoms with E-state index in [1.165, 1.54) is 57.3 Å². The summed E-state index contributed by atoms with van der Waals surface area (Å²) in [5, 5.41) is 0. The van der Waals surface area contributed by atoms with Crippen LogP contribution in [0.2, 0.25) is 0 Å². The summed E-state index contributed by atoms with van der Waals surface area (Å²) in [6.07, 6.45) is 2.35. The molecule has 25 heavy (non-hydrogen) atoms. The summed E-state index contributed by atoms with van der Waals surface area (Å²) in [6.45, 7) is 22.3. The largest absolute Gasteiger partial charge is 4.00 e. The van der Waals surface area contributed by atoms with Gasteiger partial charge in [0.25, 0.3) is 0 Å². The number of rotatable bonds is 2. The minimum absolute atomic E-state index is 0. The molecule has 3 heteroatoms. The molecule has 0 nitrogen and oxygen atoms in total. The van der Waals surface area contributed by atoms with Gasteiger partial charge in [0.15, 0.2) is 0 Å². The van der Waals surface area contributed by atoms with E-state index in [1.54, 1.807) is 11.1 Å². The minimum Gasteiger partial charge on any atom is -1.00 e. The van der Waals surface area contributed by atoms with Gasteiger partial charge in [0.1, 0.15) is 0 Å². The number of hydrogen-bond acceptors (Lipinski definition) is 0. The van der Waals surface area contributed by atoms with E-state index in [2.05, 4.69) is 69.2 Å². The molecule has 0 unspecified atom stereocenters. The van der Waals surface area contributed by atoms with E-state index in [0.29, 0.717) is 0 Å². The maximum atomic E-state index is 2.23. The van der Waals surface area contributed by atoms with E-state index in [9.17, 15) is 0 Å². The van der Waals surface area contributed by atoms with Crippen LogP contribution >= 0.6 is 0 Å². The Morgan fingerprint density at radius 2 is 0.640 bits per heavy atom. The van der Waals surface area contributed by atoms with Crippen molar-refractivity contribution < 1.29 is 50.7 Å². The van der Waals surface area contributed by atoms with Crippen LogP contribution in [-0.2, 0) is 38.7 Å². The minimum atomic E-state index is 0. The summed E-state index contributed by atoms with van der Waals surface area (Å²) in [5.41, 5.74) is 15.1. The fourth-order valence-corrected chi connectivity index (χ4v) is 3.65. The van der Waals surface area contributed by atoms with Crippen LogP contribution in [0.5, 0.6) is 0 Å². The Morgan fingerprint density at radius 1 is 0.480 bits per heavy atom. The number of hydrogen-bond donors (Lipinski definition) is 0. The van der Waals surface area contributed by atoms with E-state index in [1.807, 2.05) is 0 Å². The fourth-order valence-electron chi connectivity index (χ4n) is 3.65. The van der Waals surface area contributed by atoms with Crippen molar-refractivity contribution in [3.05, 3.63) is 55.6 Å². The Kier molecular flexibility index (Phi) is 15.0. The van der Waals surface area contributed by atoms with Gasteiger partial charge in [0.2, 0.25) is 0 Å². The van der Waals surface area contributed by atoms with Crippen LogP contribution in [0.25, 0.3) is 0 Å². The van der Waals surface area contributed by atoms with Crippen LogP contribution in [-0.4, -0.2) is 0 Å². The van der Waals surface area contributed by atoms with Gasteiger partial charge in [-0.25, -0.2) is 0 Å². The van der Waals surface area contributed by atoms with Crippen molar-refractivity contribution in [3.8, 4) is 0 Å². The Labute approximate surface area is 187 Å². The third kappa shape index (κ3) is 6.08. The molecule has 2 aromatic carbocycles. The molecule has 2 rings (SSSR count). The van der Waals surface area contributed by atoms with Crippen molar-refractivity contribution in [1.29, 1.82) is 0 Å². The molecular formula is C22H34Cl2Hf. The summed E-state index contributed by atoms with van der Waals surface area (Å²) >= 11 is 0. The molecule has 0 aromatic heterocycles. The first-order valence-corrected chi connectivity index (χ1v) is 8.62. The van der Waals surface area contributed by atoms with E-state index in [0.717, 1.165) is 0 Å². The standard InChI is InChI=1S/2C11H17.2ClH.Hf/c2*1-6-11-9(4)7(2)8(3)10(11)5;;;/h2*6H2,1-5H3;2*1H;/q2*-1;;;+4/p-2.